The summed E-state index contributed by atoms with van der Waals surface area (Å²) in [7, 11) is 0. The maximum atomic E-state index is 6.48. The molecule has 1 aliphatic carbocycles. The molecule has 1 spiro atoms. The van der Waals surface area contributed by atoms with E-state index in [1.54, 1.807) is 0 Å². The average Bonchev–Trinajstić information content (AvgIpc) is 3.14. The Hall–Kier alpha value is -0.120. The molecule has 2 unspecified atom stereocenters. The van der Waals surface area contributed by atoms with E-state index in [1.165, 1.54) is 77.5 Å². The Balaban J connectivity index is 1.53. The van der Waals surface area contributed by atoms with Crippen LogP contribution < -0.4 is 5.32 Å². The normalized spacial score (nSPS) is 33.8. The number of rotatable bonds is 5. The molecule has 3 heteroatoms. The van der Waals surface area contributed by atoms with Crippen molar-refractivity contribution in [2.75, 3.05) is 26.2 Å². The summed E-state index contributed by atoms with van der Waals surface area (Å²) < 4.78 is 6.48. The molecular weight excluding hydrogens is 236 g/mol. The second-order valence-corrected chi connectivity index (χ2v) is 6.81. The third-order valence-electron chi connectivity index (χ3n) is 5.35. The van der Waals surface area contributed by atoms with Crippen LogP contribution >= 0.6 is 0 Å². The highest BCUT2D eigenvalue weighted by molar-refractivity contribution is 4.94. The molecule has 2 saturated heterocycles. The number of ether oxygens (including phenoxy) is 1. The number of nitrogens with one attached hydrogen (secondary N) is 1. The van der Waals surface area contributed by atoms with E-state index in [2.05, 4.69) is 17.1 Å². The smallest absolute Gasteiger partial charge is 0.0710 e. The number of hydrogen-bond donors (Lipinski definition) is 1. The van der Waals surface area contributed by atoms with Gasteiger partial charge in [0.25, 0.3) is 0 Å². The van der Waals surface area contributed by atoms with Crippen molar-refractivity contribution in [2.24, 2.45) is 0 Å². The third kappa shape index (κ3) is 3.14. The fourth-order valence-corrected chi connectivity index (χ4v) is 4.33. The van der Waals surface area contributed by atoms with Crippen LogP contribution in [0.2, 0.25) is 0 Å². The average molecular weight is 266 g/mol. The summed E-state index contributed by atoms with van der Waals surface area (Å²) in [4.78, 5) is 2.69. The van der Waals surface area contributed by atoms with Gasteiger partial charge in [-0.05, 0) is 51.6 Å². The molecule has 0 amide bonds. The van der Waals surface area contributed by atoms with Crippen LogP contribution in [0.1, 0.15) is 58.3 Å². The van der Waals surface area contributed by atoms with Gasteiger partial charge in [-0.1, -0.05) is 19.8 Å². The summed E-state index contributed by atoms with van der Waals surface area (Å²) >= 11 is 0. The standard InChI is InChI=1S/C16H30N2O/c1-2-11-18(14-6-10-17-12-14)13-15-5-9-16(19-15)7-3-4-8-16/h14-15,17H,2-13H2,1H3. The van der Waals surface area contributed by atoms with Crippen LogP contribution in [-0.4, -0.2) is 48.8 Å². The predicted octanol–water partition coefficient (Wildman–Crippen LogP) is 2.55. The summed E-state index contributed by atoms with van der Waals surface area (Å²) in [6.07, 6.45) is 11.1. The van der Waals surface area contributed by atoms with E-state index in [1.807, 2.05) is 0 Å². The minimum Gasteiger partial charge on any atom is -0.370 e. The Morgan fingerprint density at radius 2 is 2.05 bits per heavy atom. The van der Waals surface area contributed by atoms with E-state index in [4.69, 9.17) is 4.74 Å². The molecule has 19 heavy (non-hydrogen) atoms. The lowest BCUT2D eigenvalue weighted by atomic mass is 9.98. The first-order chi connectivity index (χ1) is 9.31. The summed E-state index contributed by atoms with van der Waals surface area (Å²) in [5.74, 6) is 0. The van der Waals surface area contributed by atoms with Crippen molar-refractivity contribution in [3.63, 3.8) is 0 Å². The van der Waals surface area contributed by atoms with Crippen molar-refractivity contribution < 1.29 is 4.74 Å². The molecule has 2 heterocycles. The van der Waals surface area contributed by atoms with E-state index in [-0.39, 0.29) is 0 Å². The molecule has 110 valence electrons. The van der Waals surface area contributed by atoms with Gasteiger partial charge in [-0.3, -0.25) is 4.90 Å². The Labute approximate surface area is 118 Å². The monoisotopic (exact) mass is 266 g/mol. The molecule has 0 bridgehead atoms. The first-order valence-electron chi connectivity index (χ1n) is 8.44. The molecule has 0 aromatic rings. The van der Waals surface area contributed by atoms with Crippen molar-refractivity contribution >= 4 is 0 Å². The van der Waals surface area contributed by atoms with Gasteiger partial charge in [0.2, 0.25) is 0 Å². The molecule has 0 aromatic heterocycles. The largest absolute Gasteiger partial charge is 0.370 e. The third-order valence-corrected chi connectivity index (χ3v) is 5.35. The zero-order valence-electron chi connectivity index (χ0n) is 12.5. The quantitative estimate of drug-likeness (QED) is 0.827. The minimum atomic E-state index is 0.302. The Kier molecular flexibility index (Phi) is 4.45. The molecule has 3 nitrogen and oxygen atoms in total. The molecular formula is C16H30N2O. The van der Waals surface area contributed by atoms with E-state index >= 15 is 0 Å². The molecule has 0 aromatic carbocycles. The maximum Gasteiger partial charge on any atom is 0.0710 e. The molecule has 3 fully saturated rings. The van der Waals surface area contributed by atoms with Crippen molar-refractivity contribution in [2.45, 2.75) is 76.0 Å². The van der Waals surface area contributed by atoms with Crippen molar-refractivity contribution in [3.8, 4) is 0 Å². The fraction of sp³-hybridized carbons (Fsp3) is 1.00. The predicted molar refractivity (Wildman–Crippen MR) is 78.4 cm³/mol. The summed E-state index contributed by atoms with van der Waals surface area (Å²) in [6.45, 7) is 7.07. The number of hydrogen-bond acceptors (Lipinski definition) is 3. The topological polar surface area (TPSA) is 24.5 Å². The van der Waals surface area contributed by atoms with Gasteiger partial charge in [-0.2, -0.15) is 0 Å². The van der Waals surface area contributed by atoms with Gasteiger partial charge in [-0.25, -0.2) is 0 Å². The highest BCUT2D eigenvalue weighted by Gasteiger charge is 2.42. The fourth-order valence-electron chi connectivity index (χ4n) is 4.33. The zero-order valence-corrected chi connectivity index (χ0v) is 12.5. The van der Waals surface area contributed by atoms with Crippen LogP contribution in [0.4, 0.5) is 0 Å². The van der Waals surface area contributed by atoms with Crippen LogP contribution in [0.15, 0.2) is 0 Å². The summed E-state index contributed by atoms with van der Waals surface area (Å²) in [6, 6.07) is 0.753. The lowest BCUT2D eigenvalue weighted by molar-refractivity contribution is -0.0506. The second-order valence-electron chi connectivity index (χ2n) is 6.81. The van der Waals surface area contributed by atoms with Crippen LogP contribution in [0, 0.1) is 0 Å². The van der Waals surface area contributed by atoms with Crippen LogP contribution in [-0.2, 0) is 4.74 Å². The van der Waals surface area contributed by atoms with Crippen LogP contribution in [0.3, 0.4) is 0 Å². The molecule has 1 N–H and O–H groups in total. The number of nitrogens with zero attached hydrogens (tertiary/aromatic N) is 1. The van der Waals surface area contributed by atoms with Gasteiger partial charge < -0.3 is 10.1 Å². The van der Waals surface area contributed by atoms with Gasteiger partial charge >= 0.3 is 0 Å². The highest BCUT2D eigenvalue weighted by Crippen LogP contribution is 2.43. The SMILES string of the molecule is CCCN(CC1CCC2(CCCC2)O1)C1CCNC1. The second kappa shape index (κ2) is 6.11. The molecule has 2 atom stereocenters. The molecule has 3 rings (SSSR count). The van der Waals surface area contributed by atoms with Gasteiger partial charge in [0, 0.05) is 19.1 Å². The Morgan fingerprint density at radius 3 is 2.74 bits per heavy atom. The molecule has 1 saturated carbocycles. The van der Waals surface area contributed by atoms with Gasteiger partial charge in [-0.15, -0.1) is 0 Å². The van der Waals surface area contributed by atoms with Crippen LogP contribution in [0.25, 0.3) is 0 Å². The van der Waals surface area contributed by atoms with Gasteiger partial charge in [0.1, 0.15) is 0 Å². The van der Waals surface area contributed by atoms with E-state index in [9.17, 15) is 0 Å². The maximum absolute atomic E-state index is 6.48. The van der Waals surface area contributed by atoms with E-state index in [0.717, 1.165) is 6.04 Å². The molecule has 0 radical (unpaired) electrons. The van der Waals surface area contributed by atoms with Crippen LogP contribution in [0.5, 0.6) is 0 Å². The Morgan fingerprint density at radius 1 is 1.21 bits per heavy atom. The van der Waals surface area contributed by atoms with Crippen molar-refractivity contribution in [1.29, 1.82) is 0 Å². The molecule has 2 aliphatic heterocycles. The van der Waals surface area contributed by atoms with Crippen molar-refractivity contribution in [1.82, 2.24) is 10.2 Å². The lowest BCUT2D eigenvalue weighted by Gasteiger charge is -2.31. The van der Waals surface area contributed by atoms with Gasteiger partial charge in [0.05, 0.1) is 11.7 Å². The summed E-state index contributed by atoms with van der Waals surface area (Å²) in [5.41, 5.74) is 0.302. The first-order valence-corrected chi connectivity index (χ1v) is 8.44. The zero-order chi connectivity index (χ0) is 13.1. The summed E-state index contributed by atoms with van der Waals surface area (Å²) in [5, 5.41) is 3.50. The molecule has 3 aliphatic rings. The van der Waals surface area contributed by atoms with E-state index < -0.39 is 0 Å². The Bertz CT molecular complexity index is 282. The van der Waals surface area contributed by atoms with Gasteiger partial charge in [0.15, 0.2) is 0 Å². The lowest BCUT2D eigenvalue weighted by Crippen LogP contribution is -2.42. The van der Waals surface area contributed by atoms with E-state index in [0.29, 0.717) is 11.7 Å². The highest BCUT2D eigenvalue weighted by atomic mass is 16.5. The minimum absolute atomic E-state index is 0.302. The van der Waals surface area contributed by atoms with Crippen molar-refractivity contribution in [3.05, 3.63) is 0 Å². The first kappa shape index (κ1) is 13.8.